The summed E-state index contributed by atoms with van der Waals surface area (Å²) in [7, 11) is 4.02. The number of alkyl halides is 3. The van der Waals surface area contributed by atoms with E-state index in [0.717, 1.165) is 44.4 Å². The van der Waals surface area contributed by atoms with E-state index in [1.54, 1.807) is 23.7 Å². The molecule has 0 spiro atoms. The van der Waals surface area contributed by atoms with E-state index in [0.29, 0.717) is 29.3 Å². The van der Waals surface area contributed by atoms with Crippen molar-refractivity contribution in [3.8, 4) is 0 Å². The second-order valence-electron chi connectivity index (χ2n) is 12.0. The van der Waals surface area contributed by atoms with Crippen LogP contribution in [-0.4, -0.2) is 66.3 Å². The summed E-state index contributed by atoms with van der Waals surface area (Å²) in [6, 6.07) is 32.5. The minimum absolute atomic E-state index is 0. The number of pyridine rings is 2. The van der Waals surface area contributed by atoms with Crippen LogP contribution in [0.1, 0.15) is 26.5 Å². The summed E-state index contributed by atoms with van der Waals surface area (Å²) in [5.41, 5.74) is 4.76. The number of hydrogen-bond donors (Lipinski definition) is 2. The normalized spacial score (nSPS) is 14.2. The van der Waals surface area contributed by atoms with Crippen LogP contribution in [0.3, 0.4) is 0 Å². The Kier molecular flexibility index (Phi) is 13.6. The molecule has 4 heterocycles. The van der Waals surface area contributed by atoms with Gasteiger partial charge in [-0.2, -0.15) is 13.2 Å². The number of amides is 1. The number of rotatable bonds is 8. The summed E-state index contributed by atoms with van der Waals surface area (Å²) < 4.78 is 47.9. The van der Waals surface area contributed by atoms with Gasteiger partial charge in [-0.25, -0.2) is 4.98 Å². The molecule has 14 heteroatoms. The number of halogens is 3. The van der Waals surface area contributed by atoms with E-state index in [2.05, 4.69) is 32.3 Å². The Morgan fingerprint density at radius 2 is 1.57 bits per heavy atom. The molecule has 3 aromatic carbocycles. The molecule has 2 N–H and O–H groups in total. The number of aromatic nitrogens is 2. The molecule has 1 amide bonds. The molecule has 0 bridgehead atoms. The van der Waals surface area contributed by atoms with Gasteiger partial charge in [0.2, 0.25) is 0 Å². The molecule has 1 aliphatic heterocycles. The number of hydrogen-bond acceptors (Lipinski definition) is 9. The van der Waals surface area contributed by atoms with Gasteiger partial charge in [0.25, 0.3) is 11.7 Å². The number of allylic oxidation sites excluding steroid dienone is 1. The molecule has 1 atom stereocenters. The van der Waals surface area contributed by atoms with Crippen molar-refractivity contribution in [2.24, 2.45) is 0 Å². The number of aliphatic hydroxyl groups excluding tert-OH is 1. The Morgan fingerprint density at radius 1 is 0.889 bits per heavy atom. The predicted octanol–water partition coefficient (Wildman–Crippen LogP) is 8.30. The number of ketones is 1. The number of benzene rings is 3. The molecule has 0 aliphatic carbocycles. The number of carbonyl (C=O) groups excluding carboxylic acids is 2. The summed E-state index contributed by atoms with van der Waals surface area (Å²) in [5.74, 6) is -1.67. The summed E-state index contributed by atoms with van der Waals surface area (Å²) >= 11 is 1.05. The zero-order chi connectivity index (χ0) is 37.5. The molecule has 277 valence electrons. The predicted molar refractivity (Wildman–Crippen MR) is 200 cm³/mol. The van der Waals surface area contributed by atoms with E-state index in [1.807, 2.05) is 86.9 Å². The van der Waals surface area contributed by atoms with Crippen LogP contribution in [0.4, 0.5) is 18.9 Å². The third-order valence-electron chi connectivity index (χ3n) is 8.06. The van der Waals surface area contributed by atoms with Gasteiger partial charge in [-0.3, -0.25) is 14.6 Å². The van der Waals surface area contributed by atoms with Crippen LogP contribution in [-0.2, 0) is 14.3 Å². The smallest absolute Gasteiger partial charge is 0.454 e. The van der Waals surface area contributed by atoms with Gasteiger partial charge in [-0.15, -0.1) is 11.3 Å². The number of nitrogens with zero attached hydrogens (tertiary/aromatic N) is 3. The van der Waals surface area contributed by atoms with Gasteiger partial charge in [-0.05, 0) is 47.8 Å². The first-order valence-corrected chi connectivity index (χ1v) is 17.2. The van der Waals surface area contributed by atoms with Crippen molar-refractivity contribution < 1.29 is 86.7 Å². The Balaban J connectivity index is 0.000000317. The summed E-state index contributed by atoms with van der Waals surface area (Å²) in [4.78, 5) is 34.9. The maximum Gasteiger partial charge on any atom is 0.454 e. The fourth-order valence-corrected chi connectivity index (χ4v) is 6.00. The van der Waals surface area contributed by atoms with Crippen molar-refractivity contribution in [1.82, 2.24) is 15.3 Å². The minimum Gasteiger partial charge on any atom is -0.506 e. The maximum absolute atomic E-state index is 13.1. The van der Waals surface area contributed by atoms with Crippen molar-refractivity contribution in [2.75, 3.05) is 32.1 Å². The van der Waals surface area contributed by atoms with Crippen molar-refractivity contribution >= 4 is 67.8 Å². The second kappa shape index (κ2) is 18.1. The molecule has 1 aliphatic rings. The molecule has 1 radical (unpaired) electrons. The van der Waals surface area contributed by atoms with Crippen LogP contribution < -0.4 is 10.2 Å². The van der Waals surface area contributed by atoms with Crippen LogP contribution in [0.25, 0.3) is 39.1 Å². The molecule has 54 heavy (non-hydrogen) atoms. The van der Waals surface area contributed by atoms with E-state index in [4.69, 9.17) is 14.6 Å². The number of ether oxygens (including phenoxy) is 2. The van der Waals surface area contributed by atoms with Crippen LogP contribution in [0.5, 0.6) is 0 Å². The molecule has 0 fully saturated rings. The Labute approximate surface area is 353 Å². The van der Waals surface area contributed by atoms with Gasteiger partial charge in [-0.1, -0.05) is 60.7 Å². The van der Waals surface area contributed by atoms with Gasteiger partial charge in [0.1, 0.15) is 24.2 Å². The maximum atomic E-state index is 13.1. The van der Waals surface area contributed by atoms with E-state index >= 15 is 0 Å². The molecule has 3 aromatic heterocycles. The monoisotopic (exact) mass is 891 g/mol. The third kappa shape index (κ3) is 9.91. The Bertz CT molecular complexity index is 2300. The number of anilines is 1. The van der Waals surface area contributed by atoms with Crippen molar-refractivity contribution in [3.63, 3.8) is 0 Å². The first kappa shape index (κ1) is 40.6. The molecule has 6 aromatic rings. The molecule has 7 rings (SSSR count). The average molecular weight is 891 g/mol. The van der Waals surface area contributed by atoms with Crippen molar-refractivity contribution in [2.45, 2.75) is 12.3 Å². The van der Waals surface area contributed by atoms with E-state index < -0.39 is 17.7 Å². The largest absolute Gasteiger partial charge is 0.506 e. The van der Waals surface area contributed by atoms with Crippen LogP contribution in [0.15, 0.2) is 121 Å². The molecule has 1 unspecified atom stereocenters. The van der Waals surface area contributed by atoms with Crippen LogP contribution in [0.2, 0.25) is 0 Å². The summed E-state index contributed by atoms with van der Waals surface area (Å²) in [6.45, 7) is 0.580. The molecule has 9 nitrogen and oxygen atoms in total. The quantitative estimate of drug-likeness (QED) is 0.0893. The summed E-state index contributed by atoms with van der Waals surface area (Å²) in [6.07, 6.45) is -3.40. The number of aliphatic hydroxyl groups is 1. The van der Waals surface area contributed by atoms with E-state index in [9.17, 15) is 22.8 Å². The molecule has 0 saturated heterocycles. The standard InChI is InChI=1S/C32H28N4O3.C8H5F3O2S.Eu/c1-36(2)25-15-12-24(13-16-25)30-31(23-7-4-3-5-8-23)39-26(20-38-30)19-34-32(37)27-17-14-22-11-10-21-9-6-18-33-28(21)29(22)35-27;9-8(10,11)7(13)4-5(12)6-2-1-3-14-6;/h3-18,26H,19-20H2,1-2H3,(H,34,37);1-4,12H;/b;5-4-;. The number of thiophene rings is 1. The number of nitrogens with one attached hydrogen (secondary N) is 1. The van der Waals surface area contributed by atoms with E-state index in [1.165, 1.54) is 6.07 Å². The Hall–Kier alpha value is -4.63. The minimum atomic E-state index is -4.94. The van der Waals surface area contributed by atoms with Gasteiger partial charge < -0.3 is 24.8 Å². The van der Waals surface area contributed by atoms with Crippen molar-refractivity contribution in [3.05, 3.63) is 142 Å². The topological polar surface area (TPSA) is 114 Å². The molecular weight excluding hydrogens is 857 g/mol. The third-order valence-corrected chi connectivity index (χ3v) is 8.95. The van der Waals surface area contributed by atoms with Crippen LogP contribution in [0, 0.1) is 49.4 Å². The summed E-state index contributed by atoms with van der Waals surface area (Å²) in [5, 5.41) is 15.6. The van der Waals surface area contributed by atoms with Crippen LogP contribution >= 0.6 is 11.3 Å². The second-order valence-corrected chi connectivity index (χ2v) is 13.0. The van der Waals surface area contributed by atoms with E-state index in [-0.39, 0.29) is 78.9 Å². The van der Waals surface area contributed by atoms with Gasteiger partial charge in [0, 0.05) is 103 Å². The zero-order valence-corrected chi connectivity index (χ0v) is 32.1. The fourth-order valence-electron chi connectivity index (χ4n) is 5.36. The Morgan fingerprint density at radius 3 is 2.24 bits per heavy atom. The van der Waals surface area contributed by atoms with Gasteiger partial charge >= 0.3 is 6.18 Å². The molecule has 0 saturated carbocycles. The average Bonchev–Trinajstić information content (AvgIpc) is 3.73. The van der Waals surface area contributed by atoms with Gasteiger partial charge in [0.05, 0.1) is 22.5 Å². The van der Waals surface area contributed by atoms with Crippen molar-refractivity contribution in [1.29, 1.82) is 0 Å². The molecular formula is C40H33EuF3N4O5S. The van der Waals surface area contributed by atoms with Gasteiger partial charge in [0.15, 0.2) is 11.5 Å². The number of carbonyl (C=O) groups is 2. The first-order valence-electron chi connectivity index (χ1n) is 16.3. The fraction of sp³-hybridized carbons (Fsp3) is 0.150. The zero-order valence-electron chi connectivity index (χ0n) is 28.9. The number of fused-ring (bicyclic) bond motifs is 3. The SMILES string of the molecule is CN(C)c1ccc(C2=C(c3ccccc3)OC(CNC(=O)c3ccc4ccc5cccnc5c4n3)CO2)cc1.O=C(/C=C(\O)c1cccs1)C(F)(F)F.[Eu]. The first-order chi connectivity index (χ1) is 25.5.